The molecule has 3 heterocycles. The normalized spacial score (nSPS) is 15.7. The Labute approximate surface area is 183 Å². The highest BCUT2D eigenvalue weighted by Crippen LogP contribution is 2.42. The van der Waals surface area contributed by atoms with E-state index in [1.807, 2.05) is 36.4 Å². The summed E-state index contributed by atoms with van der Waals surface area (Å²) in [7, 11) is 4.64. The van der Waals surface area contributed by atoms with Gasteiger partial charge in [-0.05, 0) is 23.3 Å². The van der Waals surface area contributed by atoms with E-state index in [-0.39, 0.29) is 11.3 Å². The lowest BCUT2D eigenvalue weighted by molar-refractivity contribution is 0.0477. The van der Waals surface area contributed by atoms with Gasteiger partial charge < -0.3 is 19.1 Å². The van der Waals surface area contributed by atoms with Gasteiger partial charge in [0.25, 0.3) is 5.56 Å². The van der Waals surface area contributed by atoms with Crippen molar-refractivity contribution in [3.8, 4) is 22.8 Å². The predicted octanol–water partition coefficient (Wildman–Crippen LogP) is 2.54. The second kappa shape index (κ2) is 7.42. The number of benzene rings is 2. The molecular weight excluding hydrogens is 410 g/mol. The molecule has 0 amide bonds. The number of nitrogens with zero attached hydrogens (tertiary/aromatic N) is 3. The van der Waals surface area contributed by atoms with Gasteiger partial charge >= 0.3 is 5.69 Å². The third kappa shape index (κ3) is 2.80. The first-order valence-corrected chi connectivity index (χ1v) is 10.3. The third-order valence-corrected chi connectivity index (χ3v) is 6.11. The molecule has 1 aliphatic heterocycles. The van der Waals surface area contributed by atoms with Gasteiger partial charge in [0.2, 0.25) is 0 Å². The van der Waals surface area contributed by atoms with Crippen molar-refractivity contribution in [2.75, 3.05) is 13.7 Å². The van der Waals surface area contributed by atoms with Crippen LogP contribution in [0.25, 0.3) is 22.2 Å². The number of ether oxygens (including phenoxy) is 2. The van der Waals surface area contributed by atoms with Crippen molar-refractivity contribution in [1.82, 2.24) is 13.7 Å². The van der Waals surface area contributed by atoms with E-state index in [9.17, 15) is 14.7 Å². The summed E-state index contributed by atoms with van der Waals surface area (Å²) in [5.74, 6) is 0.353. The third-order valence-electron chi connectivity index (χ3n) is 6.11. The van der Waals surface area contributed by atoms with Crippen LogP contribution >= 0.6 is 0 Å². The second-order valence-electron chi connectivity index (χ2n) is 7.86. The quantitative estimate of drug-likeness (QED) is 0.537. The average Bonchev–Trinajstić information content (AvgIpc) is 3.17. The molecule has 2 aromatic heterocycles. The highest BCUT2D eigenvalue weighted by molar-refractivity contribution is 5.96. The lowest BCUT2D eigenvalue weighted by Gasteiger charge is -2.28. The van der Waals surface area contributed by atoms with Crippen molar-refractivity contribution in [3.63, 3.8) is 0 Å². The van der Waals surface area contributed by atoms with Crippen molar-refractivity contribution in [1.29, 1.82) is 0 Å². The summed E-state index contributed by atoms with van der Waals surface area (Å²) in [4.78, 5) is 26.2. The highest BCUT2D eigenvalue weighted by Gasteiger charge is 2.33. The van der Waals surface area contributed by atoms with Crippen LogP contribution in [-0.4, -0.2) is 32.5 Å². The number of aryl methyl sites for hydroxylation is 1. The Morgan fingerprint density at radius 2 is 1.81 bits per heavy atom. The zero-order valence-electron chi connectivity index (χ0n) is 18.0. The Kier molecular flexibility index (Phi) is 4.67. The molecular formula is C24H23N3O5. The van der Waals surface area contributed by atoms with E-state index in [4.69, 9.17) is 9.47 Å². The average molecular weight is 433 g/mol. The standard InChI is InChI=1S/C24H23N3O5/c1-25-20-18(23(29)26(2)24(25)30)19(14-7-5-4-6-8-14)27-11-12-32-22(21(20)27)15-9-10-17(31-3)16(28)13-15/h4-10,13,22,28H,11-12H2,1-3H3/t22-/m1/s1. The highest BCUT2D eigenvalue weighted by atomic mass is 16.5. The first kappa shape index (κ1) is 20.1. The van der Waals surface area contributed by atoms with Crippen LogP contribution in [0.5, 0.6) is 11.5 Å². The van der Waals surface area contributed by atoms with Gasteiger partial charge in [0, 0.05) is 20.6 Å². The molecule has 5 rings (SSSR count). The number of phenols is 1. The van der Waals surface area contributed by atoms with Gasteiger partial charge in [-0.1, -0.05) is 36.4 Å². The summed E-state index contributed by atoms with van der Waals surface area (Å²) in [6.45, 7) is 0.948. The van der Waals surface area contributed by atoms with Gasteiger partial charge in [0.1, 0.15) is 6.10 Å². The van der Waals surface area contributed by atoms with E-state index in [1.54, 1.807) is 19.2 Å². The van der Waals surface area contributed by atoms with Crippen LogP contribution in [0.2, 0.25) is 0 Å². The van der Waals surface area contributed by atoms with Crippen molar-refractivity contribution in [2.45, 2.75) is 12.6 Å². The number of rotatable bonds is 3. The van der Waals surface area contributed by atoms with Crippen molar-refractivity contribution < 1.29 is 14.6 Å². The molecule has 0 radical (unpaired) electrons. The molecule has 0 saturated heterocycles. The first-order valence-electron chi connectivity index (χ1n) is 10.3. The molecule has 1 aliphatic rings. The molecule has 8 nitrogen and oxygen atoms in total. The molecule has 0 unspecified atom stereocenters. The molecule has 2 aromatic carbocycles. The lowest BCUT2D eigenvalue weighted by Crippen LogP contribution is -2.37. The first-order chi connectivity index (χ1) is 15.4. The Hall–Kier alpha value is -3.78. The minimum absolute atomic E-state index is 0.00493. The predicted molar refractivity (Wildman–Crippen MR) is 120 cm³/mol. The van der Waals surface area contributed by atoms with Crippen LogP contribution in [0, 0.1) is 0 Å². The maximum atomic E-state index is 13.3. The van der Waals surface area contributed by atoms with E-state index in [0.717, 1.165) is 15.8 Å². The molecule has 0 bridgehead atoms. The fraction of sp³-hybridized carbons (Fsp3) is 0.250. The SMILES string of the molecule is COc1ccc([C@H]2OCCn3c(-c4ccccc4)c4c(=O)n(C)c(=O)n(C)c4c32)cc1O. The molecule has 1 N–H and O–H groups in total. The van der Waals surface area contributed by atoms with E-state index in [0.29, 0.717) is 41.1 Å². The van der Waals surface area contributed by atoms with Crippen molar-refractivity contribution in [2.24, 2.45) is 14.1 Å². The van der Waals surface area contributed by atoms with Crippen LogP contribution in [-0.2, 0) is 25.4 Å². The molecule has 0 saturated carbocycles. The summed E-state index contributed by atoms with van der Waals surface area (Å²) >= 11 is 0. The van der Waals surface area contributed by atoms with Crippen molar-refractivity contribution in [3.05, 3.63) is 80.6 Å². The summed E-state index contributed by atoms with van der Waals surface area (Å²) in [6, 6.07) is 14.8. The smallest absolute Gasteiger partial charge is 0.331 e. The molecule has 4 aromatic rings. The maximum absolute atomic E-state index is 13.3. The number of aromatic nitrogens is 3. The fourth-order valence-electron chi connectivity index (χ4n) is 4.60. The molecule has 0 spiro atoms. The van der Waals surface area contributed by atoms with Gasteiger partial charge in [-0.15, -0.1) is 0 Å². The van der Waals surface area contributed by atoms with Crippen LogP contribution in [0.4, 0.5) is 0 Å². The van der Waals surface area contributed by atoms with Gasteiger partial charge in [0.15, 0.2) is 11.5 Å². The van der Waals surface area contributed by atoms with Gasteiger partial charge in [-0.3, -0.25) is 13.9 Å². The number of aromatic hydroxyl groups is 1. The monoisotopic (exact) mass is 433 g/mol. The molecule has 32 heavy (non-hydrogen) atoms. The number of phenolic OH excluding ortho intramolecular Hbond substituents is 1. The Balaban J connectivity index is 1.90. The minimum Gasteiger partial charge on any atom is -0.504 e. The van der Waals surface area contributed by atoms with Crippen LogP contribution in [0.3, 0.4) is 0 Å². The number of hydrogen-bond donors (Lipinski definition) is 1. The summed E-state index contributed by atoms with van der Waals surface area (Å²) in [5, 5.41) is 10.8. The van der Waals surface area contributed by atoms with Crippen molar-refractivity contribution >= 4 is 10.9 Å². The van der Waals surface area contributed by atoms with Crippen LogP contribution in [0.15, 0.2) is 58.1 Å². The fourth-order valence-corrected chi connectivity index (χ4v) is 4.60. The number of methoxy groups -OCH3 is 1. The molecule has 164 valence electrons. The Morgan fingerprint density at radius 1 is 1.06 bits per heavy atom. The molecule has 0 aliphatic carbocycles. The number of fused-ring (bicyclic) bond motifs is 3. The van der Waals surface area contributed by atoms with Gasteiger partial charge in [0.05, 0.1) is 36.0 Å². The van der Waals surface area contributed by atoms with E-state index in [2.05, 4.69) is 4.57 Å². The second-order valence-corrected chi connectivity index (χ2v) is 7.86. The molecule has 8 heteroatoms. The van der Waals surface area contributed by atoms with E-state index in [1.165, 1.54) is 18.7 Å². The topological polar surface area (TPSA) is 87.6 Å². The summed E-state index contributed by atoms with van der Waals surface area (Å²) in [6.07, 6.45) is -0.571. The minimum atomic E-state index is -0.571. The maximum Gasteiger partial charge on any atom is 0.331 e. The largest absolute Gasteiger partial charge is 0.504 e. The summed E-state index contributed by atoms with van der Waals surface area (Å²) in [5.41, 5.74) is 2.86. The van der Waals surface area contributed by atoms with Crippen LogP contribution in [0.1, 0.15) is 17.4 Å². The van der Waals surface area contributed by atoms with E-state index >= 15 is 0 Å². The van der Waals surface area contributed by atoms with Gasteiger partial charge in [-0.2, -0.15) is 0 Å². The van der Waals surface area contributed by atoms with Crippen LogP contribution < -0.4 is 16.0 Å². The molecule has 0 fully saturated rings. The number of hydrogen-bond acceptors (Lipinski definition) is 5. The van der Waals surface area contributed by atoms with E-state index < -0.39 is 11.8 Å². The zero-order chi connectivity index (χ0) is 22.6. The summed E-state index contributed by atoms with van der Waals surface area (Å²) < 4.78 is 16.0. The molecule has 1 atom stereocenters. The Morgan fingerprint density at radius 3 is 2.50 bits per heavy atom. The van der Waals surface area contributed by atoms with Gasteiger partial charge in [-0.25, -0.2) is 4.79 Å². The Bertz CT molecular complexity index is 1460. The lowest BCUT2D eigenvalue weighted by atomic mass is 10.0. The zero-order valence-corrected chi connectivity index (χ0v) is 18.0.